The summed E-state index contributed by atoms with van der Waals surface area (Å²) in [5.41, 5.74) is 8.68. The predicted octanol–water partition coefficient (Wildman–Crippen LogP) is 2.94. The third-order valence-corrected chi connectivity index (χ3v) is 5.66. The molecule has 1 aromatic heterocycles. The van der Waals surface area contributed by atoms with E-state index >= 15 is 0 Å². The summed E-state index contributed by atoms with van der Waals surface area (Å²) < 4.78 is 0. The standard InChI is InChI=1S/C17H26N4/c18-14-7-9-21(10-8-14)15-11-19-17(13-5-2-6-13)20-16(15)12-3-1-4-12/h11-14H,1-10,18H2. The third kappa shape index (κ3) is 2.54. The summed E-state index contributed by atoms with van der Waals surface area (Å²) in [6.07, 6.45) is 12.2. The number of piperidine rings is 1. The first-order valence-electron chi connectivity index (χ1n) is 8.68. The van der Waals surface area contributed by atoms with Gasteiger partial charge in [-0.2, -0.15) is 0 Å². The molecule has 4 rings (SSSR count). The summed E-state index contributed by atoms with van der Waals surface area (Å²) in [5.74, 6) is 2.42. The number of aromatic nitrogens is 2. The quantitative estimate of drug-likeness (QED) is 0.928. The molecule has 1 saturated heterocycles. The molecule has 4 heteroatoms. The van der Waals surface area contributed by atoms with Crippen LogP contribution in [0.4, 0.5) is 5.69 Å². The highest BCUT2D eigenvalue weighted by Crippen LogP contribution is 2.42. The first kappa shape index (κ1) is 13.5. The van der Waals surface area contributed by atoms with Gasteiger partial charge >= 0.3 is 0 Å². The largest absolute Gasteiger partial charge is 0.369 e. The molecule has 0 atom stereocenters. The molecule has 3 fully saturated rings. The molecule has 0 aromatic carbocycles. The monoisotopic (exact) mass is 286 g/mol. The maximum absolute atomic E-state index is 6.04. The maximum atomic E-state index is 6.04. The van der Waals surface area contributed by atoms with E-state index in [4.69, 9.17) is 15.7 Å². The first-order chi connectivity index (χ1) is 10.3. The molecule has 1 aliphatic heterocycles. The molecule has 0 bridgehead atoms. The van der Waals surface area contributed by atoms with Gasteiger partial charge in [-0.3, -0.25) is 0 Å². The zero-order chi connectivity index (χ0) is 14.2. The fraction of sp³-hybridized carbons (Fsp3) is 0.765. The lowest BCUT2D eigenvalue weighted by molar-refractivity contribution is 0.384. The van der Waals surface area contributed by atoms with E-state index < -0.39 is 0 Å². The van der Waals surface area contributed by atoms with Crippen molar-refractivity contribution in [3.05, 3.63) is 17.7 Å². The number of rotatable bonds is 3. The van der Waals surface area contributed by atoms with Crippen molar-refractivity contribution < 1.29 is 0 Å². The van der Waals surface area contributed by atoms with E-state index in [-0.39, 0.29) is 0 Å². The smallest absolute Gasteiger partial charge is 0.131 e. The minimum atomic E-state index is 0.378. The molecule has 1 aromatic rings. The van der Waals surface area contributed by atoms with Gasteiger partial charge in [0, 0.05) is 31.0 Å². The molecule has 2 aliphatic carbocycles. The van der Waals surface area contributed by atoms with Gasteiger partial charge in [-0.15, -0.1) is 0 Å². The number of anilines is 1. The van der Waals surface area contributed by atoms with Crippen molar-refractivity contribution in [1.29, 1.82) is 0 Å². The number of hydrogen-bond acceptors (Lipinski definition) is 4. The summed E-state index contributed by atoms with van der Waals surface area (Å²) in [6, 6.07) is 0.378. The summed E-state index contributed by atoms with van der Waals surface area (Å²) >= 11 is 0. The van der Waals surface area contributed by atoms with Crippen LogP contribution in [0.3, 0.4) is 0 Å². The summed E-state index contributed by atoms with van der Waals surface area (Å²) in [4.78, 5) is 12.2. The first-order valence-corrected chi connectivity index (χ1v) is 8.68. The second-order valence-corrected chi connectivity index (χ2v) is 7.08. The summed E-state index contributed by atoms with van der Waals surface area (Å²) in [7, 11) is 0. The molecule has 0 unspecified atom stereocenters. The lowest BCUT2D eigenvalue weighted by atomic mass is 9.81. The van der Waals surface area contributed by atoms with Crippen LogP contribution in [0.5, 0.6) is 0 Å². The van der Waals surface area contributed by atoms with E-state index in [9.17, 15) is 0 Å². The lowest BCUT2D eigenvalue weighted by Gasteiger charge is -2.36. The maximum Gasteiger partial charge on any atom is 0.131 e. The molecule has 4 nitrogen and oxygen atoms in total. The highest BCUT2D eigenvalue weighted by atomic mass is 15.2. The van der Waals surface area contributed by atoms with E-state index in [1.54, 1.807) is 0 Å². The molecule has 2 N–H and O–H groups in total. The van der Waals surface area contributed by atoms with Gasteiger partial charge in [0.2, 0.25) is 0 Å². The van der Waals surface area contributed by atoms with Crippen molar-refractivity contribution in [3.63, 3.8) is 0 Å². The highest BCUT2D eigenvalue weighted by Gasteiger charge is 2.30. The zero-order valence-corrected chi connectivity index (χ0v) is 12.8. The zero-order valence-electron chi connectivity index (χ0n) is 12.8. The minimum absolute atomic E-state index is 0.378. The van der Waals surface area contributed by atoms with Crippen LogP contribution in [-0.4, -0.2) is 29.1 Å². The molecule has 3 aliphatic rings. The van der Waals surface area contributed by atoms with Crippen molar-refractivity contribution in [1.82, 2.24) is 9.97 Å². The van der Waals surface area contributed by atoms with Crippen LogP contribution in [0.15, 0.2) is 6.20 Å². The van der Waals surface area contributed by atoms with Crippen LogP contribution in [0.2, 0.25) is 0 Å². The molecule has 0 radical (unpaired) electrons. The molecule has 2 heterocycles. The Kier molecular flexibility index (Phi) is 3.57. The Bertz CT molecular complexity index is 500. The Morgan fingerprint density at radius 1 is 0.952 bits per heavy atom. The number of hydrogen-bond donors (Lipinski definition) is 1. The molecule has 2 saturated carbocycles. The van der Waals surface area contributed by atoms with Crippen LogP contribution in [0.1, 0.15) is 74.7 Å². The Morgan fingerprint density at radius 3 is 2.19 bits per heavy atom. The van der Waals surface area contributed by atoms with Gasteiger partial charge in [-0.1, -0.05) is 12.8 Å². The van der Waals surface area contributed by atoms with E-state index in [2.05, 4.69) is 11.1 Å². The van der Waals surface area contributed by atoms with E-state index in [0.717, 1.165) is 31.8 Å². The average molecular weight is 286 g/mol. The fourth-order valence-electron chi connectivity index (χ4n) is 3.63. The average Bonchev–Trinajstić information content (AvgIpc) is 2.36. The molecule has 0 amide bonds. The van der Waals surface area contributed by atoms with Crippen molar-refractivity contribution in [2.75, 3.05) is 18.0 Å². The van der Waals surface area contributed by atoms with E-state index in [1.165, 1.54) is 49.9 Å². The van der Waals surface area contributed by atoms with Crippen LogP contribution < -0.4 is 10.6 Å². The second-order valence-electron chi connectivity index (χ2n) is 7.08. The van der Waals surface area contributed by atoms with Gasteiger partial charge in [0.05, 0.1) is 17.6 Å². The Labute approximate surface area is 127 Å². The van der Waals surface area contributed by atoms with E-state index in [1.807, 2.05) is 0 Å². The second kappa shape index (κ2) is 5.56. The summed E-state index contributed by atoms with van der Waals surface area (Å²) in [6.45, 7) is 2.13. The van der Waals surface area contributed by atoms with E-state index in [0.29, 0.717) is 17.9 Å². The van der Waals surface area contributed by atoms with Gasteiger partial charge in [0.15, 0.2) is 0 Å². The fourth-order valence-corrected chi connectivity index (χ4v) is 3.63. The Balaban J connectivity index is 1.61. The van der Waals surface area contributed by atoms with Gasteiger partial charge in [-0.05, 0) is 38.5 Å². The molecule has 0 spiro atoms. The van der Waals surface area contributed by atoms with Gasteiger partial charge in [-0.25, -0.2) is 9.97 Å². The third-order valence-electron chi connectivity index (χ3n) is 5.66. The minimum Gasteiger partial charge on any atom is -0.369 e. The SMILES string of the molecule is NC1CCN(c2cnc(C3CCC3)nc2C2CCC2)CC1. The van der Waals surface area contributed by atoms with Gasteiger partial charge < -0.3 is 10.6 Å². The number of nitrogens with two attached hydrogens (primary N) is 1. The number of nitrogens with zero attached hydrogens (tertiary/aromatic N) is 3. The lowest BCUT2D eigenvalue weighted by Crippen LogP contribution is -2.40. The van der Waals surface area contributed by atoms with Crippen LogP contribution in [0, 0.1) is 0 Å². The molecular formula is C17H26N4. The van der Waals surface area contributed by atoms with Crippen LogP contribution in [0.25, 0.3) is 0 Å². The van der Waals surface area contributed by atoms with Gasteiger partial charge in [0.1, 0.15) is 5.82 Å². The van der Waals surface area contributed by atoms with Crippen LogP contribution >= 0.6 is 0 Å². The van der Waals surface area contributed by atoms with Gasteiger partial charge in [0.25, 0.3) is 0 Å². The Morgan fingerprint density at radius 2 is 1.62 bits per heavy atom. The molecular weight excluding hydrogens is 260 g/mol. The van der Waals surface area contributed by atoms with Crippen molar-refractivity contribution in [2.45, 2.75) is 69.2 Å². The van der Waals surface area contributed by atoms with Crippen molar-refractivity contribution in [2.24, 2.45) is 5.73 Å². The molecule has 114 valence electrons. The topological polar surface area (TPSA) is 55.0 Å². The summed E-state index contributed by atoms with van der Waals surface area (Å²) in [5, 5.41) is 0. The Hall–Kier alpha value is -1.16. The van der Waals surface area contributed by atoms with Crippen LogP contribution in [-0.2, 0) is 0 Å². The van der Waals surface area contributed by atoms with Crippen molar-refractivity contribution in [3.8, 4) is 0 Å². The predicted molar refractivity (Wildman–Crippen MR) is 84.6 cm³/mol. The normalized spacial score (nSPS) is 24.7. The molecule has 21 heavy (non-hydrogen) atoms. The highest BCUT2D eigenvalue weighted by molar-refractivity contribution is 5.51. The van der Waals surface area contributed by atoms with Crippen molar-refractivity contribution >= 4 is 5.69 Å².